The zero-order valence-electron chi connectivity index (χ0n) is 14.5. The normalized spacial score (nSPS) is 27.0. The molecule has 5 nitrogen and oxygen atoms in total. The van der Waals surface area contributed by atoms with Gasteiger partial charge in [0.15, 0.2) is 0 Å². The van der Waals surface area contributed by atoms with Crippen LogP contribution >= 0.6 is 0 Å². The quantitative estimate of drug-likeness (QED) is 0.699. The molecule has 1 unspecified atom stereocenters. The first kappa shape index (κ1) is 18.2. The molecule has 0 aromatic rings. The third-order valence-corrected chi connectivity index (χ3v) is 5.43. The highest BCUT2D eigenvalue weighted by atomic mass is 16.3. The number of carbonyl (C=O) groups excluding carboxylic acids is 2. The highest BCUT2D eigenvalue weighted by Crippen LogP contribution is 2.27. The summed E-state index contributed by atoms with van der Waals surface area (Å²) in [5.74, 6) is 0.653. The maximum atomic E-state index is 12.2. The Morgan fingerprint density at radius 2 is 1.52 bits per heavy atom. The van der Waals surface area contributed by atoms with E-state index in [4.69, 9.17) is 0 Å². The first-order valence-electron chi connectivity index (χ1n) is 9.23. The van der Waals surface area contributed by atoms with Crippen LogP contribution in [0.3, 0.4) is 0 Å². The van der Waals surface area contributed by atoms with Crippen molar-refractivity contribution >= 4 is 11.8 Å². The molecule has 3 N–H and O–H groups in total. The number of aliphatic hydroxyl groups is 1. The molecule has 0 saturated heterocycles. The number of rotatable bonds is 6. The van der Waals surface area contributed by atoms with E-state index in [2.05, 4.69) is 10.6 Å². The minimum Gasteiger partial charge on any atom is -0.391 e. The molecule has 0 aliphatic heterocycles. The minimum atomic E-state index is -0.485. The highest BCUT2D eigenvalue weighted by Gasteiger charge is 2.29. The molecule has 2 aliphatic rings. The maximum Gasteiger partial charge on any atom is 0.223 e. The van der Waals surface area contributed by atoms with Crippen molar-refractivity contribution in [2.45, 2.75) is 77.4 Å². The lowest BCUT2D eigenvalue weighted by Crippen LogP contribution is -2.43. The van der Waals surface area contributed by atoms with Crippen molar-refractivity contribution in [3.63, 3.8) is 0 Å². The fourth-order valence-electron chi connectivity index (χ4n) is 3.59. The fourth-order valence-corrected chi connectivity index (χ4v) is 3.59. The number of nitrogens with one attached hydrogen (secondary N) is 2. The van der Waals surface area contributed by atoms with Gasteiger partial charge in [0.2, 0.25) is 11.8 Å². The van der Waals surface area contributed by atoms with Crippen LogP contribution in [0.5, 0.6) is 0 Å². The second kappa shape index (κ2) is 8.67. The van der Waals surface area contributed by atoms with Gasteiger partial charge in [0, 0.05) is 24.4 Å². The Morgan fingerprint density at radius 1 is 0.957 bits per heavy atom. The Morgan fingerprint density at radius 3 is 2.09 bits per heavy atom. The van der Waals surface area contributed by atoms with Gasteiger partial charge in [-0.3, -0.25) is 9.59 Å². The largest absolute Gasteiger partial charge is 0.391 e. The Balaban J connectivity index is 1.66. The van der Waals surface area contributed by atoms with Crippen molar-refractivity contribution in [3.8, 4) is 0 Å². The summed E-state index contributed by atoms with van der Waals surface area (Å²) >= 11 is 0. The van der Waals surface area contributed by atoms with Gasteiger partial charge >= 0.3 is 0 Å². The second-order valence-corrected chi connectivity index (χ2v) is 7.60. The third-order valence-electron chi connectivity index (χ3n) is 5.43. The summed E-state index contributed by atoms with van der Waals surface area (Å²) in [6, 6.07) is 0.230. The number of hydrogen-bond acceptors (Lipinski definition) is 3. The number of amides is 2. The van der Waals surface area contributed by atoms with Gasteiger partial charge in [-0.2, -0.15) is 0 Å². The zero-order valence-corrected chi connectivity index (χ0v) is 14.5. The summed E-state index contributed by atoms with van der Waals surface area (Å²) in [4.78, 5) is 24.3. The molecule has 2 saturated carbocycles. The van der Waals surface area contributed by atoms with Crippen LogP contribution in [0.1, 0.15) is 65.2 Å². The van der Waals surface area contributed by atoms with Gasteiger partial charge in [-0.25, -0.2) is 0 Å². The molecule has 2 amide bonds. The van der Waals surface area contributed by atoms with Crippen molar-refractivity contribution in [1.82, 2.24) is 10.6 Å². The Hall–Kier alpha value is -1.10. The Kier molecular flexibility index (Phi) is 6.88. The van der Waals surface area contributed by atoms with Gasteiger partial charge in [0.1, 0.15) is 0 Å². The number of aliphatic hydroxyl groups excluding tert-OH is 1. The second-order valence-electron chi connectivity index (χ2n) is 7.60. The molecule has 23 heavy (non-hydrogen) atoms. The van der Waals surface area contributed by atoms with Crippen LogP contribution in [-0.4, -0.2) is 35.6 Å². The van der Waals surface area contributed by atoms with Gasteiger partial charge in [-0.15, -0.1) is 0 Å². The van der Waals surface area contributed by atoms with Crippen LogP contribution in [0, 0.1) is 17.8 Å². The predicted molar refractivity (Wildman–Crippen MR) is 89.7 cm³/mol. The van der Waals surface area contributed by atoms with Crippen molar-refractivity contribution in [2.24, 2.45) is 17.8 Å². The molecule has 132 valence electrons. The van der Waals surface area contributed by atoms with Gasteiger partial charge < -0.3 is 15.7 Å². The van der Waals surface area contributed by atoms with E-state index in [1.807, 2.05) is 13.8 Å². The fraction of sp³-hybridized carbons (Fsp3) is 0.889. The molecular formula is C18H32N2O3. The molecule has 2 fully saturated rings. The number of carbonyl (C=O) groups is 2. The summed E-state index contributed by atoms with van der Waals surface area (Å²) < 4.78 is 0. The van der Waals surface area contributed by atoms with E-state index in [0.717, 1.165) is 38.5 Å². The van der Waals surface area contributed by atoms with Crippen molar-refractivity contribution < 1.29 is 14.7 Å². The molecule has 2 aliphatic carbocycles. The van der Waals surface area contributed by atoms with Crippen LogP contribution in [0.15, 0.2) is 0 Å². The van der Waals surface area contributed by atoms with Crippen molar-refractivity contribution in [3.05, 3.63) is 0 Å². The van der Waals surface area contributed by atoms with Gasteiger partial charge in [0.25, 0.3) is 0 Å². The number of hydrogen-bond donors (Lipinski definition) is 3. The lowest BCUT2D eigenvalue weighted by Gasteiger charge is -2.29. The summed E-state index contributed by atoms with van der Waals surface area (Å²) in [5.41, 5.74) is 0. The van der Waals surface area contributed by atoms with E-state index >= 15 is 0 Å². The average Bonchev–Trinajstić information content (AvgIpc) is 3.07. The van der Waals surface area contributed by atoms with Gasteiger partial charge in [-0.1, -0.05) is 26.7 Å². The van der Waals surface area contributed by atoms with E-state index < -0.39 is 6.10 Å². The maximum absolute atomic E-state index is 12.2. The Labute approximate surface area is 139 Å². The smallest absolute Gasteiger partial charge is 0.223 e. The van der Waals surface area contributed by atoms with E-state index in [1.165, 1.54) is 12.8 Å². The molecule has 0 radical (unpaired) electrons. The van der Waals surface area contributed by atoms with Crippen molar-refractivity contribution in [1.29, 1.82) is 0 Å². The SMILES string of the molecule is CC(C)C(O)CNC(=O)C1CCC(NC(=O)C2CCCC2)CC1. The molecule has 0 spiro atoms. The van der Waals surface area contributed by atoms with Crippen LogP contribution in [-0.2, 0) is 9.59 Å². The molecule has 0 heterocycles. The van der Waals surface area contributed by atoms with E-state index in [9.17, 15) is 14.7 Å². The minimum absolute atomic E-state index is 0.0222. The van der Waals surface area contributed by atoms with Crippen LogP contribution in [0.25, 0.3) is 0 Å². The van der Waals surface area contributed by atoms with Gasteiger partial charge in [0.05, 0.1) is 6.10 Å². The summed E-state index contributed by atoms with van der Waals surface area (Å²) in [7, 11) is 0. The van der Waals surface area contributed by atoms with E-state index in [-0.39, 0.29) is 35.6 Å². The van der Waals surface area contributed by atoms with Crippen LogP contribution in [0.4, 0.5) is 0 Å². The van der Waals surface area contributed by atoms with Crippen LogP contribution < -0.4 is 10.6 Å². The van der Waals surface area contributed by atoms with Crippen molar-refractivity contribution in [2.75, 3.05) is 6.54 Å². The van der Waals surface area contributed by atoms with Crippen LogP contribution in [0.2, 0.25) is 0 Å². The summed E-state index contributed by atoms with van der Waals surface area (Å²) in [5, 5.41) is 15.8. The molecule has 0 aromatic carbocycles. The molecule has 0 bridgehead atoms. The first-order chi connectivity index (χ1) is 11.0. The standard InChI is InChI=1S/C18H32N2O3/c1-12(2)16(21)11-19-17(22)14-7-9-15(10-8-14)20-18(23)13-5-3-4-6-13/h12-16,21H,3-11H2,1-2H3,(H,19,22)(H,20,23). The lowest BCUT2D eigenvalue weighted by molar-refractivity contribution is -0.127. The summed E-state index contributed by atoms with van der Waals surface area (Å²) in [6.45, 7) is 4.21. The topological polar surface area (TPSA) is 78.4 Å². The molecule has 1 atom stereocenters. The summed E-state index contributed by atoms with van der Waals surface area (Å²) in [6.07, 6.45) is 7.32. The van der Waals surface area contributed by atoms with E-state index in [0.29, 0.717) is 6.54 Å². The average molecular weight is 324 g/mol. The molecule has 5 heteroatoms. The molecule has 2 rings (SSSR count). The van der Waals surface area contributed by atoms with E-state index in [1.54, 1.807) is 0 Å². The monoisotopic (exact) mass is 324 g/mol. The molecular weight excluding hydrogens is 292 g/mol. The zero-order chi connectivity index (χ0) is 16.8. The van der Waals surface area contributed by atoms with Gasteiger partial charge in [-0.05, 0) is 44.4 Å². The highest BCUT2D eigenvalue weighted by molar-refractivity contribution is 5.80. The third kappa shape index (κ3) is 5.48. The predicted octanol–water partition coefficient (Wildman–Crippen LogP) is 1.98. The first-order valence-corrected chi connectivity index (χ1v) is 9.23. The molecule has 0 aromatic heterocycles. The Bertz CT molecular complexity index is 397. The lowest BCUT2D eigenvalue weighted by atomic mass is 9.85.